The Hall–Kier alpha value is -6.12. The van der Waals surface area contributed by atoms with Gasteiger partial charge in [-0.25, -0.2) is 0 Å². The van der Waals surface area contributed by atoms with Crippen molar-refractivity contribution in [1.82, 2.24) is 0 Å². The van der Waals surface area contributed by atoms with Crippen LogP contribution in [0.25, 0.3) is 17.2 Å². The van der Waals surface area contributed by atoms with E-state index in [0.29, 0.717) is 0 Å². The maximum absolute atomic E-state index is 4.01. The zero-order valence-electron chi connectivity index (χ0n) is 36.9. The van der Waals surface area contributed by atoms with Crippen LogP contribution in [0, 0.1) is 25.7 Å². The Morgan fingerprint density at radius 1 is 0.516 bits per heavy atom. The molecule has 0 spiro atoms. The van der Waals surface area contributed by atoms with Gasteiger partial charge in [0.15, 0.2) is 0 Å². The van der Waals surface area contributed by atoms with E-state index in [1.54, 1.807) is 11.1 Å². The molecule has 0 N–H and O–H groups in total. The van der Waals surface area contributed by atoms with Crippen molar-refractivity contribution < 1.29 is 0 Å². The smallest absolute Gasteiger partial charge is 0.0464 e. The number of aryl methyl sites for hydroxylation is 3. The molecule has 11 rings (SSSR count). The first kappa shape index (κ1) is 40.0. The van der Waals surface area contributed by atoms with Crippen LogP contribution in [0.2, 0.25) is 0 Å². The van der Waals surface area contributed by atoms with Gasteiger partial charge < -0.3 is 9.80 Å². The van der Waals surface area contributed by atoms with Gasteiger partial charge in [0.2, 0.25) is 0 Å². The molecule has 4 aliphatic rings. The van der Waals surface area contributed by atoms with Gasteiger partial charge in [0.25, 0.3) is 0 Å². The summed E-state index contributed by atoms with van der Waals surface area (Å²) in [5.41, 5.74) is 18.2. The minimum Gasteiger partial charge on any atom is -0.311 e. The number of anilines is 6. The van der Waals surface area contributed by atoms with Crippen molar-refractivity contribution in [1.29, 1.82) is 0 Å². The molecule has 4 bridgehead atoms. The number of nitrogens with zero attached hydrogens (tertiary/aromatic N) is 2. The van der Waals surface area contributed by atoms with Gasteiger partial charge in [-0.2, -0.15) is 0 Å². The fourth-order valence-electron chi connectivity index (χ4n) is 12.1. The summed E-state index contributed by atoms with van der Waals surface area (Å²) >= 11 is 0. The van der Waals surface area contributed by atoms with Crippen molar-refractivity contribution in [2.24, 2.45) is 11.8 Å². The van der Waals surface area contributed by atoms with E-state index >= 15 is 0 Å². The maximum Gasteiger partial charge on any atom is 0.0464 e. The predicted octanol–water partition coefficient (Wildman–Crippen LogP) is 16.7. The molecule has 4 fully saturated rings. The van der Waals surface area contributed by atoms with Crippen molar-refractivity contribution in [3.63, 3.8) is 0 Å². The highest BCUT2D eigenvalue weighted by molar-refractivity contribution is 5.81. The molecule has 0 radical (unpaired) electrons. The Kier molecular flexibility index (Phi) is 10.7. The molecule has 0 saturated heterocycles. The summed E-state index contributed by atoms with van der Waals surface area (Å²) in [5.74, 6) is 1.63. The van der Waals surface area contributed by atoms with E-state index in [1.165, 1.54) is 102 Å². The first-order chi connectivity index (χ1) is 30.3. The summed E-state index contributed by atoms with van der Waals surface area (Å²) in [4.78, 5) is 4.80. The number of unbranched alkanes of at least 4 members (excludes halogenated alkanes) is 1. The number of hydrogen-bond donors (Lipinski definition) is 0. The molecule has 62 heavy (non-hydrogen) atoms. The third-order valence-corrected chi connectivity index (χ3v) is 14.7. The molecule has 2 unspecified atom stereocenters. The average molecular weight is 809 g/mol. The summed E-state index contributed by atoms with van der Waals surface area (Å²) in [7, 11) is 0. The van der Waals surface area contributed by atoms with Crippen LogP contribution in [-0.2, 0) is 17.3 Å². The fourth-order valence-corrected chi connectivity index (χ4v) is 12.1. The van der Waals surface area contributed by atoms with Crippen LogP contribution in [0.1, 0.15) is 91.7 Å². The molecule has 310 valence electrons. The van der Waals surface area contributed by atoms with Crippen LogP contribution in [0.15, 0.2) is 176 Å². The lowest BCUT2D eigenvalue weighted by Crippen LogP contribution is -2.55. The van der Waals surface area contributed by atoms with Crippen LogP contribution >= 0.6 is 0 Å². The van der Waals surface area contributed by atoms with E-state index in [9.17, 15) is 0 Å². The Balaban J connectivity index is 0.951. The standard InChI is InChI=1S/C60H60N2/c1-5-7-12-46-17-27-53(28-18-46)61(56-33-25-52(26-34-56)60-40-47-37-48(41-60)39-59(38-47,42-60)51-23-15-45(6-2)16-24-51)54-29-19-49(20-30-54)50-21-31-55(32-22-50)62(57-13-8-10-43(3)35-57)58-14-9-11-44(4)36-58/h6,8-11,13-36,47-48H,2,5,7,12,37-42H2,1,3-4H3. The number of benzene rings is 7. The average Bonchev–Trinajstić information content (AvgIpc) is 3.29. The van der Waals surface area contributed by atoms with Gasteiger partial charge in [-0.15, -0.1) is 0 Å². The van der Waals surface area contributed by atoms with Gasteiger partial charge in [0, 0.05) is 34.1 Å². The van der Waals surface area contributed by atoms with E-state index in [2.05, 4.69) is 207 Å². The minimum absolute atomic E-state index is 0.250. The highest BCUT2D eigenvalue weighted by atomic mass is 15.1. The van der Waals surface area contributed by atoms with Gasteiger partial charge >= 0.3 is 0 Å². The van der Waals surface area contributed by atoms with Crippen molar-refractivity contribution in [2.75, 3.05) is 9.80 Å². The third-order valence-electron chi connectivity index (χ3n) is 14.7. The number of hydrogen-bond acceptors (Lipinski definition) is 2. The third kappa shape index (κ3) is 7.70. The summed E-state index contributed by atoms with van der Waals surface area (Å²) < 4.78 is 0. The van der Waals surface area contributed by atoms with Crippen molar-refractivity contribution >= 4 is 40.2 Å². The summed E-state index contributed by atoms with van der Waals surface area (Å²) in [6.45, 7) is 10.6. The predicted molar refractivity (Wildman–Crippen MR) is 264 cm³/mol. The van der Waals surface area contributed by atoms with Crippen LogP contribution in [0.3, 0.4) is 0 Å². The summed E-state index contributed by atoms with van der Waals surface area (Å²) in [6, 6.07) is 64.2. The molecule has 0 heterocycles. The largest absolute Gasteiger partial charge is 0.311 e. The van der Waals surface area contributed by atoms with Gasteiger partial charge in [-0.1, -0.05) is 123 Å². The zero-order chi connectivity index (χ0) is 42.3. The molecule has 2 atom stereocenters. The second-order valence-corrected chi connectivity index (χ2v) is 19.1. The molecule has 7 aromatic carbocycles. The lowest BCUT2D eigenvalue weighted by atomic mass is 9.42. The van der Waals surface area contributed by atoms with Crippen molar-refractivity contribution in [3.8, 4) is 11.1 Å². The van der Waals surface area contributed by atoms with Gasteiger partial charge in [0.1, 0.15) is 0 Å². The summed E-state index contributed by atoms with van der Waals surface area (Å²) in [5, 5.41) is 0. The van der Waals surface area contributed by atoms with E-state index in [-0.39, 0.29) is 10.8 Å². The molecule has 7 aromatic rings. The Bertz CT molecular complexity index is 2590. The van der Waals surface area contributed by atoms with Crippen LogP contribution in [0.5, 0.6) is 0 Å². The van der Waals surface area contributed by atoms with Gasteiger partial charge in [-0.3, -0.25) is 0 Å². The Morgan fingerprint density at radius 2 is 0.935 bits per heavy atom. The molecule has 2 heteroatoms. The Morgan fingerprint density at radius 3 is 1.37 bits per heavy atom. The van der Waals surface area contributed by atoms with Gasteiger partial charge in [-0.05, 0) is 205 Å². The SMILES string of the molecule is C=Cc1ccc(C23CC4CC(C2)CC(c2ccc(N(c5ccc(CCCC)cc5)c5ccc(-c6ccc(N(c7cccc(C)c7)c7cccc(C)c7)cc6)cc5)cc2)(C4)C3)cc1. The lowest BCUT2D eigenvalue weighted by Gasteiger charge is -2.63. The van der Waals surface area contributed by atoms with Crippen LogP contribution < -0.4 is 9.80 Å². The zero-order valence-corrected chi connectivity index (χ0v) is 36.9. The molecule has 0 aliphatic heterocycles. The van der Waals surface area contributed by atoms with Crippen molar-refractivity contribution in [2.45, 2.75) is 89.4 Å². The molecule has 0 aromatic heterocycles. The second-order valence-electron chi connectivity index (χ2n) is 19.1. The number of rotatable bonds is 13. The van der Waals surface area contributed by atoms with Crippen molar-refractivity contribution in [3.05, 3.63) is 210 Å². The second kappa shape index (κ2) is 16.6. The van der Waals surface area contributed by atoms with Crippen LogP contribution in [0.4, 0.5) is 34.1 Å². The molecule has 4 aliphatic carbocycles. The minimum atomic E-state index is 0.250. The maximum atomic E-state index is 4.01. The fraction of sp³-hybridized carbons (Fsp3) is 0.267. The molecule has 4 saturated carbocycles. The quantitative estimate of drug-likeness (QED) is 0.114. The van der Waals surface area contributed by atoms with E-state index in [0.717, 1.165) is 35.3 Å². The Labute approximate surface area is 370 Å². The molecular formula is C60H60N2. The van der Waals surface area contributed by atoms with Crippen LogP contribution in [-0.4, -0.2) is 0 Å². The van der Waals surface area contributed by atoms with E-state index in [1.807, 2.05) is 6.08 Å². The normalized spacial score (nSPS) is 21.1. The molecule has 2 nitrogen and oxygen atoms in total. The lowest BCUT2D eigenvalue weighted by molar-refractivity contribution is -0.0281. The first-order valence-corrected chi connectivity index (χ1v) is 23.2. The highest BCUT2D eigenvalue weighted by Gasteiger charge is 2.58. The topological polar surface area (TPSA) is 6.48 Å². The monoisotopic (exact) mass is 808 g/mol. The van der Waals surface area contributed by atoms with E-state index in [4.69, 9.17) is 0 Å². The summed E-state index contributed by atoms with van der Waals surface area (Å²) in [6.07, 6.45) is 13.5. The molecular weight excluding hydrogens is 749 g/mol. The van der Waals surface area contributed by atoms with E-state index < -0.39 is 0 Å². The first-order valence-electron chi connectivity index (χ1n) is 23.2. The van der Waals surface area contributed by atoms with Gasteiger partial charge in [0.05, 0.1) is 0 Å². The molecule has 0 amide bonds. The highest BCUT2D eigenvalue weighted by Crippen LogP contribution is 2.66.